The Labute approximate surface area is 405 Å². The quantitative estimate of drug-likeness (QED) is 0.0250. The van der Waals surface area contributed by atoms with Crippen LogP contribution in [0, 0.1) is 0 Å². The molecule has 0 heterocycles. The van der Waals surface area contributed by atoms with Gasteiger partial charge in [-0.15, -0.1) is 0 Å². The molecule has 390 valence electrons. The smallest absolute Gasteiger partial charge is 0.268 e. The number of phosphoric ester groups is 1. The molecule has 1 unspecified atom stereocenters. The summed E-state index contributed by atoms with van der Waals surface area (Å²) in [5, 5.41) is 0. The van der Waals surface area contributed by atoms with Crippen molar-refractivity contribution in [3.8, 4) is 0 Å². The largest absolute Gasteiger partial charge is 0.756 e. The molecule has 0 saturated heterocycles. The van der Waals surface area contributed by atoms with Gasteiger partial charge in [0.2, 0.25) is 0 Å². The van der Waals surface area contributed by atoms with Crippen molar-refractivity contribution in [3.63, 3.8) is 0 Å². The highest BCUT2D eigenvalue weighted by atomic mass is 31.2. The molecule has 0 aliphatic rings. The van der Waals surface area contributed by atoms with E-state index >= 15 is 0 Å². The van der Waals surface area contributed by atoms with Crippen LogP contribution in [0.3, 0.4) is 0 Å². The zero-order chi connectivity index (χ0) is 48.8. The number of ketones is 4. The second-order valence-corrected chi connectivity index (χ2v) is 21.7. The van der Waals surface area contributed by atoms with E-state index in [0.717, 1.165) is 116 Å². The fourth-order valence-corrected chi connectivity index (χ4v) is 8.75. The summed E-state index contributed by atoms with van der Waals surface area (Å²) < 4.78 is 35.3. The molecule has 0 radical (unpaired) electrons. The summed E-state index contributed by atoms with van der Waals surface area (Å²) in [5.41, 5.74) is 0. The summed E-state index contributed by atoms with van der Waals surface area (Å²) >= 11 is 0. The van der Waals surface area contributed by atoms with Crippen molar-refractivity contribution in [2.75, 3.05) is 60.7 Å². The van der Waals surface area contributed by atoms with Crippen LogP contribution in [-0.2, 0) is 42.3 Å². The highest BCUT2D eigenvalue weighted by Crippen LogP contribution is 2.38. The van der Waals surface area contributed by atoms with Gasteiger partial charge in [0.05, 0.1) is 47.2 Å². The zero-order valence-corrected chi connectivity index (χ0v) is 44.6. The van der Waals surface area contributed by atoms with E-state index in [1.165, 1.54) is 89.9 Å². The number of likely N-dealkylation sites (N-methyl/N-ethyl adjacent to an activating group) is 1. The average molecular weight is 958 g/mol. The molecule has 0 rings (SSSR count). The average Bonchev–Trinajstić information content (AvgIpc) is 3.25. The Morgan fingerprint density at radius 3 is 1.09 bits per heavy atom. The van der Waals surface area contributed by atoms with Crippen LogP contribution >= 0.6 is 7.82 Å². The minimum absolute atomic E-state index is 0.0420. The third-order valence-corrected chi connectivity index (χ3v) is 13.3. The van der Waals surface area contributed by atoms with Gasteiger partial charge in [0, 0.05) is 38.9 Å². The van der Waals surface area contributed by atoms with Gasteiger partial charge in [0.1, 0.15) is 42.4 Å². The Kier molecular flexibility index (Phi) is 45.1. The topological polar surface area (TPSA) is 145 Å². The van der Waals surface area contributed by atoms with Gasteiger partial charge in [0.25, 0.3) is 7.82 Å². The van der Waals surface area contributed by atoms with Gasteiger partial charge in [-0.1, -0.05) is 181 Å². The maximum Gasteiger partial charge on any atom is 0.268 e. The highest BCUT2D eigenvalue weighted by molar-refractivity contribution is 7.45. The number of quaternary nitrogens is 1. The minimum atomic E-state index is -4.48. The van der Waals surface area contributed by atoms with E-state index in [-0.39, 0.29) is 55.8 Å². The van der Waals surface area contributed by atoms with Gasteiger partial charge in [-0.2, -0.15) is 0 Å². The van der Waals surface area contributed by atoms with Crippen LogP contribution in [0.5, 0.6) is 0 Å². The second-order valence-electron chi connectivity index (χ2n) is 20.3. The number of rotatable bonds is 54. The predicted octanol–water partition coefficient (Wildman–Crippen LogP) is 13.7. The van der Waals surface area contributed by atoms with E-state index in [2.05, 4.69) is 13.8 Å². The number of ether oxygens (including phenoxy) is 2. The van der Waals surface area contributed by atoms with Crippen LogP contribution in [0.2, 0.25) is 0 Å². The number of hydrogen-bond acceptors (Lipinski definition) is 10. The molecular weight excluding hydrogens is 854 g/mol. The van der Waals surface area contributed by atoms with Crippen molar-refractivity contribution in [3.05, 3.63) is 0 Å². The molecule has 0 aliphatic carbocycles. The third-order valence-electron chi connectivity index (χ3n) is 12.3. The number of hydrogen-bond donors (Lipinski definition) is 0. The first kappa shape index (κ1) is 64.7. The van der Waals surface area contributed by atoms with Crippen molar-refractivity contribution in [1.29, 1.82) is 0 Å². The summed E-state index contributed by atoms with van der Waals surface area (Å²) in [6.07, 6.45) is 37.6. The fraction of sp³-hybridized carbons (Fsp3) is 0.926. The first-order chi connectivity index (χ1) is 31.8. The lowest BCUT2D eigenvalue weighted by molar-refractivity contribution is -0.870. The van der Waals surface area contributed by atoms with E-state index in [0.29, 0.717) is 49.9 Å². The highest BCUT2D eigenvalue weighted by Gasteiger charge is 2.18. The molecule has 0 amide bonds. The van der Waals surface area contributed by atoms with Gasteiger partial charge < -0.3 is 27.9 Å². The summed E-state index contributed by atoms with van der Waals surface area (Å²) in [7, 11) is 1.41. The van der Waals surface area contributed by atoms with Crippen LogP contribution in [0.4, 0.5) is 0 Å². The number of phosphoric acid groups is 1. The SMILES string of the molecule is CCCCCCCCCCCC(=O)CC(=O)CCCCCCCCCOC[C@H](COP(=O)([O-])OCC[N+](C)(C)C)OCCCCCCCCCC(=O)CC(=O)CCCCCCCCCCC. The summed E-state index contributed by atoms with van der Waals surface area (Å²) in [6.45, 7) is 6.14. The minimum Gasteiger partial charge on any atom is -0.756 e. The molecule has 0 aliphatic heterocycles. The monoisotopic (exact) mass is 958 g/mol. The van der Waals surface area contributed by atoms with Gasteiger partial charge in [0.15, 0.2) is 0 Å². The molecular formula is C54H104NO10P. The molecule has 0 fully saturated rings. The standard InChI is InChI=1S/C54H104NO10P/c1-6-8-10-12-14-16-20-26-32-38-50(56)46-52(58)40-34-28-22-18-24-30-36-43-62-48-54(49-65-66(60,61)64-45-42-55(3,4)5)63-44-37-31-25-19-23-29-35-41-53(59)47-51(57)39-33-27-21-17-15-13-11-9-7-2/h54H,6-49H2,1-5H3/t54-/m1/s1. The molecule has 0 bridgehead atoms. The van der Waals surface area contributed by atoms with E-state index in [1.54, 1.807) is 0 Å². The first-order valence-corrected chi connectivity index (χ1v) is 28.9. The first-order valence-electron chi connectivity index (χ1n) is 27.4. The Bertz CT molecular complexity index is 1210. The summed E-state index contributed by atoms with van der Waals surface area (Å²) in [5.74, 6) is 0.372. The van der Waals surface area contributed by atoms with Gasteiger partial charge in [-0.05, 0) is 38.5 Å². The molecule has 0 spiro atoms. The molecule has 0 aromatic heterocycles. The lowest BCUT2D eigenvalue weighted by Gasteiger charge is -2.28. The van der Waals surface area contributed by atoms with Crippen LogP contribution in [0.15, 0.2) is 0 Å². The fourth-order valence-electron chi connectivity index (χ4n) is 8.02. The maximum absolute atomic E-state index is 12.4. The van der Waals surface area contributed by atoms with Gasteiger partial charge >= 0.3 is 0 Å². The van der Waals surface area contributed by atoms with E-state index in [1.807, 2.05) is 21.1 Å². The lowest BCUT2D eigenvalue weighted by Crippen LogP contribution is -2.37. The van der Waals surface area contributed by atoms with Gasteiger partial charge in [-0.3, -0.25) is 23.7 Å². The van der Waals surface area contributed by atoms with Crippen LogP contribution < -0.4 is 4.89 Å². The molecule has 11 nitrogen and oxygen atoms in total. The van der Waals surface area contributed by atoms with Gasteiger partial charge in [-0.25, -0.2) is 0 Å². The summed E-state index contributed by atoms with van der Waals surface area (Å²) in [4.78, 5) is 61.5. The lowest BCUT2D eigenvalue weighted by atomic mass is 10.0. The molecule has 2 atom stereocenters. The van der Waals surface area contributed by atoms with Crippen LogP contribution in [0.25, 0.3) is 0 Å². The number of unbranched alkanes of at least 4 members (excludes halogenated alkanes) is 28. The Balaban J connectivity index is 4.17. The normalized spacial score (nSPS) is 13.2. The molecule has 0 aromatic rings. The van der Waals surface area contributed by atoms with Crippen molar-refractivity contribution in [2.45, 2.75) is 264 Å². The van der Waals surface area contributed by atoms with Crippen LogP contribution in [0.1, 0.15) is 258 Å². The van der Waals surface area contributed by atoms with Crippen molar-refractivity contribution < 1.29 is 51.6 Å². The number of Topliss-reactive ketones (excluding diaryl/α,β-unsaturated/α-hetero) is 4. The van der Waals surface area contributed by atoms with E-state index in [4.69, 9.17) is 18.5 Å². The third kappa shape index (κ3) is 49.1. The molecule has 12 heteroatoms. The Morgan fingerprint density at radius 1 is 0.424 bits per heavy atom. The number of carbonyl (C=O) groups is 4. The Morgan fingerprint density at radius 2 is 0.742 bits per heavy atom. The molecule has 66 heavy (non-hydrogen) atoms. The van der Waals surface area contributed by atoms with E-state index in [9.17, 15) is 28.6 Å². The van der Waals surface area contributed by atoms with E-state index < -0.39 is 13.9 Å². The summed E-state index contributed by atoms with van der Waals surface area (Å²) in [6, 6.07) is 0. The maximum atomic E-state index is 12.4. The van der Waals surface area contributed by atoms with Crippen LogP contribution in [-0.4, -0.2) is 94.4 Å². The molecule has 0 aromatic carbocycles. The Hall–Kier alpha value is -1.33. The second kappa shape index (κ2) is 46.1. The molecule has 0 N–H and O–H groups in total. The van der Waals surface area contributed by atoms with Crippen molar-refractivity contribution in [1.82, 2.24) is 0 Å². The number of nitrogens with zero attached hydrogens (tertiary/aromatic N) is 1. The predicted molar refractivity (Wildman–Crippen MR) is 270 cm³/mol. The zero-order valence-electron chi connectivity index (χ0n) is 43.7. The van der Waals surface area contributed by atoms with Crippen molar-refractivity contribution >= 4 is 31.0 Å². The molecule has 0 saturated carbocycles. The van der Waals surface area contributed by atoms with Crippen molar-refractivity contribution in [2.24, 2.45) is 0 Å². The number of carbonyl (C=O) groups excluding carboxylic acids is 4.